The van der Waals surface area contributed by atoms with Gasteiger partial charge in [-0.15, -0.1) is 0 Å². The summed E-state index contributed by atoms with van der Waals surface area (Å²) in [4.78, 5) is 18.5. The summed E-state index contributed by atoms with van der Waals surface area (Å²) in [5.41, 5.74) is 6.82. The molecular formula is C37H42N3O2P. The highest BCUT2D eigenvalue weighted by atomic mass is 31.1. The Kier molecular flexibility index (Phi) is 10.8. The van der Waals surface area contributed by atoms with Crippen molar-refractivity contribution >= 4 is 41.4 Å². The summed E-state index contributed by atoms with van der Waals surface area (Å²) >= 11 is 0. The monoisotopic (exact) mass is 591 g/mol. The number of aromatic nitrogens is 1. The lowest BCUT2D eigenvalue weighted by Gasteiger charge is -2.26. The molecule has 0 amide bonds. The van der Waals surface area contributed by atoms with Gasteiger partial charge in [-0.3, -0.25) is 9.69 Å². The maximum absolute atomic E-state index is 12.4. The summed E-state index contributed by atoms with van der Waals surface area (Å²) in [6.45, 7) is 13.7. The number of nitrogens with zero attached hydrogens (tertiary/aromatic N) is 1. The lowest BCUT2D eigenvalue weighted by Crippen LogP contribution is -2.36. The van der Waals surface area contributed by atoms with Gasteiger partial charge in [-0.1, -0.05) is 90.0 Å². The Morgan fingerprint density at radius 3 is 2.42 bits per heavy atom. The van der Waals surface area contributed by atoms with Crippen molar-refractivity contribution in [2.24, 2.45) is 0 Å². The topological polar surface area (TPSA) is 57.4 Å². The molecule has 2 aliphatic rings. The zero-order chi connectivity index (χ0) is 30.0. The number of hydrogen-bond donors (Lipinski definition) is 2. The summed E-state index contributed by atoms with van der Waals surface area (Å²) < 4.78 is 5.24. The van der Waals surface area contributed by atoms with Gasteiger partial charge in [0.2, 0.25) is 0 Å². The average molecular weight is 592 g/mol. The second-order valence-electron chi connectivity index (χ2n) is 10.9. The number of nitrogens with one attached hydrogen (secondary N) is 2. The van der Waals surface area contributed by atoms with Gasteiger partial charge in [0.15, 0.2) is 5.78 Å². The molecule has 4 aromatic rings. The first kappa shape index (κ1) is 30.7. The Morgan fingerprint density at radius 1 is 0.977 bits per heavy atom. The van der Waals surface area contributed by atoms with Crippen LogP contribution in [0.5, 0.6) is 0 Å². The van der Waals surface area contributed by atoms with Crippen molar-refractivity contribution in [1.29, 1.82) is 0 Å². The summed E-state index contributed by atoms with van der Waals surface area (Å²) in [5, 5.41) is 6.87. The van der Waals surface area contributed by atoms with Gasteiger partial charge < -0.3 is 15.0 Å². The first-order chi connectivity index (χ1) is 21.1. The molecule has 1 aromatic heterocycles. The lowest BCUT2D eigenvalue weighted by molar-refractivity contribution is 0.0373. The number of Topliss-reactive ketones (excluding diaryl/α,β-unsaturated/α-hetero) is 1. The Bertz CT molecular complexity index is 1600. The van der Waals surface area contributed by atoms with Crippen LogP contribution in [0.15, 0.2) is 103 Å². The number of aromatic amines is 1. The maximum atomic E-state index is 12.4. The van der Waals surface area contributed by atoms with E-state index in [1.54, 1.807) is 0 Å². The standard InChI is InChI=1S/C29H25N2OP.C8H17NO/c1-3-27(32)21-13-16-26-25(18-21)28(29(31-26)24-10-7-17-30-19(24)2)20-11-14-23(15-12-20)33-22-8-5-4-6-9-22;1-2-3-4-9-5-7-10-8-6-9/h4-18,30-31,33H,2-3H2,1H3;2-8H2,1H3. The number of carbonyl (C=O) groups is 1. The zero-order valence-electron chi connectivity index (χ0n) is 25.3. The number of hydrogen-bond acceptors (Lipinski definition) is 4. The fourth-order valence-electron chi connectivity index (χ4n) is 5.39. The number of ketones is 1. The molecule has 1 saturated heterocycles. The van der Waals surface area contributed by atoms with Gasteiger partial charge >= 0.3 is 0 Å². The van der Waals surface area contributed by atoms with E-state index in [1.165, 1.54) is 30.0 Å². The molecule has 0 saturated carbocycles. The minimum Gasteiger partial charge on any atom is -0.379 e. The first-order valence-electron chi connectivity index (χ1n) is 15.3. The number of benzene rings is 3. The van der Waals surface area contributed by atoms with Crippen LogP contribution < -0.4 is 15.9 Å². The van der Waals surface area contributed by atoms with Crippen molar-refractivity contribution in [3.63, 3.8) is 0 Å². The number of carbonyl (C=O) groups excluding carboxylic acids is 1. The molecule has 0 radical (unpaired) electrons. The molecule has 2 N–H and O–H groups in total. The Balaban J connectivity index is 0.000000314. The average Bonchev–Trinajstić information content (AvgIpc) is 3.44. The highest BCUT2D eigenvalue weighted by Crippen LogP contribution is 2.38. The number of morpholine rings is 1. The normalized spacial score (nSPS) is 15.3. The fraction of sp³-hybridized carbons (Fsp3) is 0.270. The molecule has 0 spiro atoms. The maximum Gasteiger partial charge on any atom is 0.162 e. The van der Waals surface area contributed by atoms with Gasteiger partial charge in [-0.05, 0) is 59.5 Å². The largest absolute Gasteiger partial charge is 0.379 e. The minimum absolute atomic E-state index is 0.149. The SMILES string of the molecule is C=C1NC=CC=C1c1[nH]c2ccc(C(=O)CC)cc2c1-c1ccc(Pc2ccccc2)cc1.CCCCN1CCOCC1. The van der Waals surface area contributed by atoms with E-state index in [9.17, 15) is 4.79 Å². The van der Waals surface area contributed by atoms with Crippen LogP contribution >= 0.6 is 8.58 Å². The summed E-state index contributed by atoms with van der Waals surface area (Å²) in [5.74, 6) is 0.149. The van der Waals surface area contributed by atoms with E-state index in [2.05, 4.69) is 83.3 Å². The van der Waals surface area contributed by atoms with E-state index in [4.69, 9.17) is 4.74 Å². The van der Waals surface area contributed by atoms with Gasteiger partial charge in [-0.25, -0.2) is 0 Å². The van der Waals surface area contributed by atoms with Gasteiger partial charge in [-0.2, -0.15) is 0 Å². The predicted molar refractivity (Wildman–Crippen MR) is 184 cm³/mol. The van der Waals surface area contributed by atoms with E-state index in [1.807, 2.05) is 43.5 Å². The van der Waals surface area contributed by atoms with Crippen molar-refractivity contribution in [2.75, 3.05) is 32.8 Å². The molecule has 43 heavy (non-hydrogen) atoms. The molecule has 1 unspecified atom stereocenters. The van der Waals surface area contributed by atoms with Crippen molar-refractivity contribution in [3.05, 3.63) is 115 Å². The smallest absolute Gasteiger partial charge is 0.162 e. The molecule has 3 heterocycles. The Hall–Kier alpha value is -3.76. The number of fused-ring (bicyclic) bond motifs is 1. The van der Waals surface area contributed by atoms with Gasteiger partial charge in [0.25, 0.3) is 0 Å². The van der Waals surface area contributed by atoms with Gasteiger partial charge in [0.1, 0.15) is 0 Å². The van der Waals surface area contributed by atoms with Crippen molar-refractivity contribution < 1.29 is 9.53 Å². The molecule has 0 aliphatic carbocycles. The molecule has 2 aliphatic heterocycles. The molecule has 1 fully saturated rings. The zero-order valence-corrected chi connectivity index (χ0v) is 26.3. The van der Waals surface area contributed by atoms with E-state index in [0.29, 0.717) is 15.0 Å². The number of allylic oxidation sites excluding steroid dienone is 3. The highest BCUT2D eigenvalue weighted by Gasteiger charge is 2.20. The lowest BCUT2D eigenvalue weighted by atomic mass is 9.95. The van der Waals surface area contributed by atoms with Crippen molar-refractivity contribution in [3.8, 4) is 11.1 Å². The van der Waals surface area contributed by atoms with E-state index in [-0.39, 0.29) is 5.78 Å². The van der Waals surface area contributed by atoms with Gasteiger partial charge in [0.05, 0.1) is 18.9 Å². The molecule has 3 aromatic carbocycles. The summed E-state index contributed by atoms with van der Waals surface area (Å²) in [6, 6.07) is 25.2. The third kappa shape index (κ3) is 7.80. The van der Waals surface area contributed by atoms with Gasteiger partial charge in [0, 0.05) is 59.0 Å². The first-order valence-corrected chi connectivity index (χ1v) is 16.3. The summed E-state index contributed by atoms with van der Waals surface area (Å²) in [6.07, 6.45) is 9.05. The van der Waals surface area contributed by atoms with Crippen LogP contribution in [0.1, 0.15) is 49.2 Å². The fourth-order valence-corrected chi connectivity index (χ4v) is 6.42. The van der Waals surface area contributed by atoms with Crippen LogP contribution in [-0.2, 0) is 4.74 Å². The number of rotatable bonds is 9. The van der Waals surface area contributed by atoms with Crippen LogP contribution in [-0.4, -0.2) is 48.5 Å². The molecule has 6 rings (SSSR count). The summed E-state index contributed by atoms with van der Waals surface area (Å²) in [7, 11) is 0.615. The Morgan fingerprint density at radius 2 is 1.72 bits per heavy atom. The van der Waals surface area contributed by atoms with Crippen LogP contribution in [0, 0.1) is 0 Å². The third-order valence-electron chi connectivity index (χ3n) is 7.82. The van der Waals surface area contributed by atoms with Crippen LogP contribution in [0.25, 0.3) is 27.6 Å². The van der Waals surface area contributed by atoms with Crippen molar-refractivity contribution in [1.82, 2.24) is 15.2 Å². The van der Waals surface area contributed by atoms with E-state index in [0.717, 1.165) is 70.9 Å². The second-order valence-corrected chi connectivity index (χ2v) is 12.3. The predicted octanol–water partition coefficient (Wildman–Crippen LogP) is 7.19. The molecule has 0 bridgehead atoms. The highest BCUT2D eigenvalue weighted by molar-refractivity contribution is 7.55. The molecular weight excluding hydrogens is 549 g/mol. The van der Waals surface area contributed by atoms with Crippen LogP contribution in [0.3, 0.4) is 0 Å². The Labute approximate surface area is 257 Å². The molecule has 6 heteroatoms. The molecule has 5 nitrogen and oxygen atoms in total. The number of dihydropyridines is 1. The minimum atomic E-state index is 0.149. The third-order valence-corrected chi connectivity index (χ3v) is 9.06. The van der Waals surface area contributed by atoms with E-state index >= 15 is 0 Å². The van der Waals surface area contributed by atoms with Crippen LogP contribution in [0.4, 0.5) is 0 Å². The van der Waals surface area contributed by atoms with Crippen LogP contribution in [0.2, 0.25) is 0 Å². The number of unbranched alkanes of at least 4 members (excludes halogenated alkanes) is 1. The number of H-pyrrole nitrogens is 1. The molecule has 1 atom stereocenters. The number of ether oxygens (including phenoxy) is 1. The quantitative estimate of drug-likeness (QED) is 0.160. The molecule has 222 valence electrons. The second kappa shape index (κ2) is 15.1. The van der Waals surface area contributed by atoms with Crippen molar-refractivity contribution in [2.45, 2.75) is 33.1 Å². The van der Waals surface area contributed by atoms with E-state index < -0.39 is 0 Å².